The summed E-state index contributed by atoms with van der Waals surface area (Å²) in [5.74, 6) is -0.923. The summed E-state index contributed by atoms with van der Waals surface area (Å²) in [4.78, 5) is 0. The lowest BCUT2D eigenvalue weighted by Crippen LogP contribution is -2.39. The van der Waals surface area contributed by atoms with Gasteiger partial charge in [-0.2, -0.15) is 0 Å². The van der Waals surface area contributed by atoms with Crippen molar-refractivity contribution < 1.29 is 8.78 Å². The van der Waals surface area contributed by atoms with Crippen LogP contribution in [-0.2, 0) is 6.54 Å². The van der Waals surface area contributed by atoms with Crippen LogP contribution in [0.5, 0.6) is 0 Å². The second kappa shape index (κ2) is 5.13. The van der Waals surface area contributed by atoms with Crippen LogP contribution in [0.3, 0.4) is 0 Å². The molecule has 1 N–H and O–H groups in total. The van der Waals surface area contributed by atoms with Crippen molar-refractivity contribution in [2.45, 2.75) is 39.2 Å². The first-order valence-corrected chi connectivity index (χ1v) is 6.30. The van der Waals surface area contributed by atoms with Crippen LogP contribution in [0.15, 0.2) is 18.2 Å². The zero-order valence-electron chi connectivity index (χ0n) is 10.2. The Balaban J connectivity index is 1.90. The molecule has 0 radical (unpaired) electrons. The Morgan fingerprint density at radius 3 is 2.35 bits per heavy atom. The largest absolute Gasteiger partial charge is 0.312 e. The van der Waals surface area contributed by atoms with E-state index in [1.165, 1.54) is 37.5 Å². The Hall–Kier alpha value is -0.960. The van der Waals surface area contributed by atoms with Crippen molar-refractivity contribution in [2.75, 3.05) is 6.54 Å². The molecule has 1 aromatic rings. The summed E-state index contributed by atoms with van der Waals surface area (Å²) in [5.41, 5.74) is 0.528. The number of halogens is 2. The van der Waals surface area contributed by atoms with E-state index < -0.39 is 11.6 Å². The lowest BCUT2D eigenvalue weighted by molar-refractivity contribution is 0.123. The van der Waals surface area contributed by atoms with Crippen molar-refractivity contribution in [3.05, 3.63) is 35.4 Å². The van der Waals surface area contributed by atoms with Gasteiger partial charge in [-0.25, -0.2) is 8.78 Å². The second-order valence-electron chi connectivity index (χ2n) is 5.01. The quantitative estimate of drug-likeness (QED) is 0.827. The standard InChI is InChI=1S/C14H19F2N/c1-2-14(7-4-8-14)10-17-9-11-12(15)5-3-6-13(11)16/h3,5-6,17H,2,4,7-10H2,1H3. The van der Waals surface area contributed by atoms with Crippen molar-refractivity contribution >= 4 is 0 Å². The summed E-state index contributed by atoms with van der Waals surface area (Å²) >= 11 is 0. The molecule has 0 aromatic heterocycles. The molecule has 2 rings (SSSR count). The molecule has 94 valence electrons. The van der Waals surface area contributed by atoms with E-state index in [4.69, 9.17) is 0 Å². The van der Waals surface area contributed by atoms with E-state index in [-0.39, 0.29) is 12.1 Å². The van der Waals surface area contributed by atoms with Crippen molar-refractivity contribution in [2.24, 2.45) is 5.41 Å². The van der Waals surface area contributed by atoms with Crippen LogP contribution in [0.2, 0.25) is 0 Å². The summed E-state index contributed by atoms with van der Waals surface area (Å²) in [7, 11) is 0. The minimum absolute atomic E-state index is 0.151. The molecular formula is C14H19F2N. The predicted octanol–water partition coefficient (Wildman–Crippen LogP) is 3.63. The topological polar surface area (TPSA) is 12.0 Å². The van der Waals surface area contributed by atoms with E-state index in [9.17, 15) is 8.78 Å². The number of hydrogen-bond donors (Lipinski definition) is 1. The molecule has 1 aromatic carbocycles. The molecule has 1 nitrogen and oxygen atoms in total. The number of rotatable bonds is 5. The van der Waals surface area contributed by atoms with E-state index in [0.29, 0.717) is 5.41 Å². The second-order valence-corrected chi connectivity index (χ2v) is 5.01. The minimum Gasteiger partial charge on any atom is -0.312 e. The fraction of sp³-hybridized carbons (Fsp3) is 0.571. The molecule has 1 saturated carbocycles. The molecule has 0 amide bonds. The highest BCUT2D eigenvalue weighted by Gasteiger charge is 2.34. The molecule has 0 bridgehead atoms. The third-order valence-electron chi connectivity index (χ3n) is 4.03. The van der Waals surface area contributed by atoms with Gasteiger partial charge in [-0.3, -0.25) is 0 Å². The Bertz CT molecular complexity index is 360. The normalized spacial score (nSPS) is 17.8. The zero-order chi connectivity index (χ0) is 12.3. The fourth-order valence-corrected chi connectivity index (χ4v) is 2.49. The van der Waals surface area contributed by atoms with Gasteiger partial charge in [-0.05, 0) is 36.8 Å². The summed E-state index contributed by atoms with van der Waals surface area (Å²) in [6.45, 7) is 3.32. The molecule has 1 aliphatic carbocycles. The highest BCUT2D eigenvalue weighted by atomic mass is 19.1. The van der Waals surface area contributed by atoms with Crippen LogP contribution >= 0.6 is 0 Å². The van der Waals surface area contributed by atoms with Gasteiger partial charge in [-0.1, -0.05) is 19.4 Å². The fourth-order valence-electron chi connectivity index (χ4n) is 2.49. The van der Waals surface area contributed by atoms with E-state index in [1.54, 1.807) is 0 Å². The van der Waals surface area contributed by atoms with E-state index in [0.717, 1.165) is 13.0 Å². The number of hydrogen-bond acceptors (Lipinski definition) is 1. The maximum Gasteiger partial charge on any atom is 0.130 e. The van der Waals surface area contributed by atoms with Gasteiger partial charge in [-0.15, -0.1) is 0 Å². The molecular weight excluding hydrogens is 220 g/mol. The third-order valence-corrected chi connectivity index (χ3v) is 4.03. The third kappa shape index (κ3) is 2.65. The summed E-state index contributed by atoms with van der Waals surface area (Å²) in [6.07, 6.45) is 4.88. The van der Waals surface area contributed by atoms with Crippen LogP contribution in [-0.4, -0.2) is 6.54 Å². The van der Waals surface area contributed by atoms with Crippen molar-refractivity contribution in [1.29, 1.82) is 0 Å². The maximum atomic E-state index is 13.4. The predicted molar refractivity (Wildman–Crippen MR) is 64.6 cm³/mol. The smallest absolute Gasteiger partial charge is 0.130 e. The van der Waals surface area contributed by atoms with Crippen LogP contribution in [0.25, 0.3) is 0 Å². The Labute approximate surface area is 101 Å². The lowest BCUT2D eigenvalue weighted by Gasteiger charge is -2.41. The van der Waals surface area contributed by atoms with Crippen molar-refractivity contribution in [3.63, 3.8) is 0 Å². The Kier molecular flexibility index (Phi) is 3.77. The van der Waals surface area contributed by atoms with Crippen LogP contribution in [0, 0.1) is 17.0 Å². The highest BCUT2D eigenvalue weighted by molar-refractivity contribution is 5.19. The molecule has 0 unspecified atom stereocenters. The van der Waals surface area contributed by atoms with Gasteiger partial charge in [0, 0.05) is 18.7 Å². The number of benzene rings is 1. The average molecular weight is 239 g/mol. The minimum atomic E-state index is -0.461. The molecule has 0 heterocycles. The van der Waals surface area contributed by atoms with E-state index >= 15 is 0 Å². The Morgan fingerprint density at radius 2 is 1.88 bits per heavy atom. The molecule has 0 aliphatic heterocycles. The average Bonchev–Trinajstić information content (AvgIpc) is 2.26. The lowest BCUT2D eigenvalue weighted by atomic mass is 9.67. The molecule has 0 atom stereocenters. The van der Waals surface area contributed by atoms with Crippen molar-refractivity contribution in [1.82, 2.24) is 5.32 Å². The summed E-state index contributed by atoms with van der Waals surface area (Å²) < 4.78 is 26.7. The van der Waals surface area contributed by atoms with Gasteiger partial charge in [0.25, 0.3) is 0 Å². The van der Waals surface area contributed by atoms with Gasteiger partial charge in [0.05, 0.1) is 0 Å². The first kappa shape index (κ1) is 12.5. The maximum absolute atomic E-state index is 13.4. The molecule has 3 heteroatoms. The Morgan fingerprint density at radius 1 is 1.24 bits per heavy atom. The first-order valence-electron chi connectivity index (χ1n) is 6.30. The van der Waals surface area contributed by atoms with Crippen molar-refractivity contribution in [3.8, 4) is 0 Å². The van der Waals surface area contributed by atoms with Crippen LogP contribution < -0.4 is 5.32 Å². The van der Waals surface area contributed by atoms with Crippen LogP contribution in [0.1, 0.15) is 38.2 Å². The molecule has 1 aliphatic rings. The molecule has 1 fully saturated rings. The molecule has 0 saturated heterocycles. The summed E-state index contributed by atoms with van der Waals surface area (Å²) in [5, 5.41) is 3.20. The first-order chi connectivity index (χ1) is 8.17. The number of nitrogens with one attached hydrogen (secondary N) is 1. The SMILES string of the molecule is CCC1(CNCc2c(F)cccc2F)CCC1. The van der Waals surface area contributed by atoms with Gasteiger partial charge < -0.3 is 5.32 Å². The molecule has 0 spiro atoms. The van der Waals surface area contributed by atoms with E-state index in [2.05, 4.69) is 12.2 Å². The molecule has 17 heavy (non-hydrogen) atoms. The van der Waals surface area contributed by atoms with Crippen LogP contribution in [0.4, 0.5) is 8.78 Å². The van der Waals surface area contributed by atoms with Gasteiger partial charge in [0.15, 0.2) is 0 Å². The van der Waals surface area contributed by atoms with Gasteiger partial charge >= 0.3 is 0 Å². The summed E-state index contributed by atoms with van der Waals surface area (Å²) in [6, 6.07) is 4.01. The zero-order valence-corrected chi connectivity index (χ0v) is 10.2. The van der Waals surface area contributed by atoms with Gasteiger partial charge in [0.2, 0.25) is 0 Å². The monoisotopic (exact) mass is 239 g/mol. The van der Waals surface area contributed by atoms with E-state index in [1.807, 2.05) is 0 Å². The highest BCUT2D eigenvalue weighted by Crippen LogP contribution is 2.43. The van der Waals surface area contributed by atoms with Gasteiger partial charge in [0.1, 0.15) is 11.6 Å².